The Bertz CT molecular complexity index is 513. The SMILES string of the molecule is CN(CCc1ccccn1)C(CN)c1ccc(F)cc1. The van der Waals surface area contributed by atoms with Crippen LogP contribution in [0.15, 0.2) is 48.7 Å². The third-order valence-corrected chi connectivity index (χ3v) is 3.46. The third kappa shape index (κ3) is 3.85. The Labute approximate surface area is 119 Å². The van der Waals surface area contributed by atoms with Gasteiger partial charge in [0.1, 0.15) is 5.82 Å². The fourth-order valence-electron chi connectivity index (χ4n) is 2.25. The minimum Gasteiger partial charge on any atom is -0.329 e. The Morgan fingerprint density at radius 1 is 1.20 bits per heavy atom. The van der Waals surface area contributed by atoms with Crippen molar-refractivity contribution >= 4 is 0 Å². The average Bonchev–Trinajstić information content (AvgIpc) is 2.49. The summed E-state index contributed by atoms with van der Waals surface area (Å²) in [5, 5.41) is 0. The number of aromatic nitrogens is 1. The van der Waals surface area contributed by atoms with Gasteiger partial charge in [-0.05, 0) is 36.9 Å². The van der Waals surface area contributed by atoms with Gasteiger partial charge in [-0.2, -0.15) is 0 Å². The van der Waals surface area contributed by atoms with E-state index in [1.807, 2.05) is 25.2 Å². The molecule has 1 heterocycles. The molecule has 4 heteroatoms. The first-order valence-corrected chi connectivity index (χ1v) is 6.76. The van der Waals surface area contributed by atoms with Crippen molar-refractivity contribution in [2.75, 3.05) is 20.1 Å². The maximum absolute atomic E-state index is 13.0. The molecule has 0 bridgehead atoms. The molecule has 2 N–H and O–H groups in total. The van der Waals surface area contributed by atoms with E-state index in [9.17, 15) is 4.39 Å². The van der Waals surface area contributed by atoms with Crippen molar-refractivity contribution in [2.24, 2.45) is 5.73 Å². The van der Waals surface area contributed by atoms with Crippen LogP contribution >= 0.6 is 0 Å². The van der Waals surface area contributed by atoms with E-state index in [2.05, 4.69) is 9.88 Å². The molecule has 2 rings (SSSR count). The van der Waals surface area contributed by atoms with Crippen LogP contribution in [0.2, 0.25) is 0 Å². The fourth-order valence-corrected chi connectivity index (χ4v) is 2.25. The highest BCUT2D eigenvalue weighted by Gasteiger charge is 2.15. The molecule has 1 aromatic heterocycles. The van der Waals surface area contributed by atoms with Crippen molar-refractivity contribution in [3.05, 3.63) is 65.7 Å². The van der Waals surface area contributed by atoms with Gasteiger partial charge in [0.15, 0.2) is 0 Å². The molecule has 1 unspecified atom stereocenters. The second-order valence-electron chi connectivity index (χ2n) is 4.85. The number of hydrogen-bond acceptors (Lipinski definition) is 3. The van der Waals surface area contributed by atoms with Gasteiger partial charge < -0.3 is 5.73 Å². The zero-order chi connectivity index (χ0) is 14.4. The van der Waals surface area contributed by atoms with E-state index in [0.717, 1.165) is 24.2 Å². The first-order chi connectivity index (χ1) is 9.70. The lowest BCUT2D eigenvalue weighted by Gasteiger charge is -2.27. The fraction of sp³-hybridized carbons (Fsp3) is 0.312. The minimum absolute atomic E-state index is 0.0966. The lowest BCUT2D eigenvalue weighted by molar-refractivity contribution is 0.252. The van der Waals surface area contributed by atoms with E-state index in [4.69, 9.17) is 5.73 Å². The van der Waals surface area contributed by atoms with Crippen molar-refractivity contribution in [2.45, 2.75) is 12.5 Å². The molecule has 0 spiro atoms. The summed E-state index contributed by atoms with van der Waals surface area (Å²) in [6, 6.07) is 12.6. The zero-order valence-electron chi connectivity index (χ0n) is 11.7. The van der Waals surface area contributed by atoms with Crippen molar-refractivity contribution in [1.82, 2.24) is 9.88 Å². The number of nitrogens with two attached hydrogens (primary N) is 1. The molecule has 0 aliphatic carbocycles. The van der Waals surface area contributed by atoms with E-state index < -0.39 is 0 Å². The Morgan fingerprint density at radius 3 is 2.55 bits per heavy atom. The molecule has 20 heavy (non-hydrogen) atoms. The van der Waals surface area contributed by atoms with E-state index >= 15 is 0 Å². The molecule has 0 fully saturated rings. The van der Waals surface area contributed by atoms with Crippen molar-refractivity contribution in [3.63, 3.8) is 0 Å². The number of hydrogen-bond donors (Lipinski definition) is 1. The number of halogens is 1. The number of benzene rings is 1. The van der Waals surface area contributed by atoms with Crippen molar-refractivity contribution in [1.29, 1.82) is 0 Å². The lowest BCUT2D eigenvalue weighted by atomic mass is 10.1. The molecule has 0 amide bonds. The molecule has 1 atom stereocenters. The summed E-state index contributed by atoms with van der Waals surface area (Å²) in [4.78, 5) is 6.50. The average molecular weight is 273 g/mol. The van der Waals surface area contributed by atoms with Crippen LogP contribution in [-0.4, -0.2) is 30.0 Å². The van der Waals surface area contributed by atoms with Crippen molar-refractivity contribution in [3.8, 4) is 0 Å². The first kappa shape index (κ1) is 14.6. The number of likely N-dealkylation sites (N-methyl/N-ethyl adjacent to an activating group) is 1. The molecule has 0 radical (unpaired) electrons. The molecule has 3 nitrogen and oxygen atoms in total. The molecule has 0 saturated heterocycles. The smallest absolute Gasteiger partial charge is 0.123 e. The van der Waals surface area contributed by atoms with Crippen LogP contribution in [0.1, 0.15) is 17.3 Å². The van der Waals surface area contributed by atoms with Gasteiger partial charge >= 0.3 is 0 Å². The Balaban J connectivity index is 1.98. The van der Waals surface area contributed by atoms with Crippen LogP contribution in [-0.2, 0) is 6.42 Å². The molecule has 0 aliphatic rings. The van der Waals surface area contributed by atoms with Gasteiger partial charge in [-0.3, -0.25) is 9.88 Å². The Kier molecular flexibility index (Phi) is 5.21. The standard InChI is InChI=1S/C16H20FN3/c1-20(11-9-15-4-2-3-10-19-15)16(12-18)13-5-7-14(17)8-6-13/h2-8,10,16H,9,11-12,18H2,1H3. The summed E-state index contributed by atoms with van der Waals surface area (Å²) >= 11 is 0. The Hall–Kier alpha value is -1.78. The maximum Gasteiger partial charge on any atom is 0.123 e. The monoisotopic (exact) mass is 273 g/mol. The van der Waals surface area contributed by atoms with Crippen LogP contribution in [0.3, 0.4) is 0 Å². The molecule has 2 aromatic rings. The van der Waals surface area contributed by atoms with Gasteiger partial charge in [-0.25, -0.2) is 4.39 Å². The zero-order valence-corrected chi connectivity index (χ0v) is 11.7. The molecule has 0 saturated carbocycles. The summed E-state index contributed by atoms with van der Waals surface area (Å²) in [6.45, 7) is 1.36. The van der Waals surface area contributed by atoms with Gasteiger partial charge in [-0.15, -0.1) is 0 Å². The van der Waals surface area contributed by atoms with Crippen LogP contribution in [0.25, 0.3) is 0 Å². The van der Waals surface area contributed by atoms with E-state index in [-0.39, 0.29) is 11.9 Å². The predicted molar refractivity (Wildman–Crippen MR) is 78.8 cm³/mol. The van der Waals surface area contributed by atoms with E-state index in [1.165, 1.54) is 12.1 Å². The molecular weight excluding hydrogens is 253 g/mol. The van der Waals surface area contributed by atoms with Gasteiger partial charge in [0.05, 0.1) is 0 Å². The third-order valence-electron chi connectivity index (χ3n) is 3.46. The van der Waals surface area contributed by atoms with Crippen molar-refractivity contribution < 1.29 is 4.39 Å². The van der Waals surface area contributed by atoms with Gasteiger partial charge in [0.25, 0.3) is 0 Å². The van der Waals surface area contributed by atoms with E-state index in [0.29, 0.717) is 6.54 Å². The van der Waals surface area contributed by atoms with Gasteiger partial charge in [0.2, 0.25) is 0 Å². The number of rotatable bonds is 6. The minimum atomic E-state index is -0.222. The van der Waals surface area contributed by atoms with E-state index in [1.54, 1.807) is 18.3 Å². The topological polar surface area (TPSA) is 42.2 Å². The summed E-state index contributed by atoms with van der Waals surface area (Å²) in [5.41, 5.74) is 7.97. The Morgan fingerprint density at radius 2 is 1.95 bits per heavy atom. The quantitative estimate of drug-likeness (QED) is 0.878. The highest BCUT2D eigenvalue weighted by atomic mass is 19.1. The molecular formula is C16H20FN3. The summed E-state index contributed by atoms with van der Waals surface area (Å²) in [6.07, 6.45) is 2.67. The summed E-state index contributed by atoms with van der Waals surface area (Å²) in [7, 11) is 2.03. The number of nitrogens with zero attached hydrogens (tertiary/aromatic N) is 2. The molecule has 106 valence electrons. The van der Waals surface area contributed by atoms with Crippen LogP contribution in [0, 0.1) is 5.82 Å². The molecule has 0 aliphatic heterocycles. The highest BCUT2D eigenvalue weighted by molar-refractivity contribution is 5.20. The summed E-state index contributed by atoms with van der Waals surface area (Å²) < 4.78 is 13.0. The number of pyridine rings is 1. The maximum atomic E-state index is 13.0. The van der Waals surface area contributed by atoms with Gasteiger partial charge in [-0.1, -0.05) is 18.2 Å². The normalized spacial score (nSPS) is 12.6. The summed E-state index contributed by atoms with van der Waals surface area (Å²) in [5.74, 6) is -0.222. The predicted octanol–water partition coefficient (Wildman–Crippen LogP) is 2.40. The first-order valence-electron chi connectivity index (χ1n) is 6.76. The van der Waals surface area contributed by atoms with Crippen LogP contribution < -0.4 is 5.73 Å². The second-order valence-corrected chi connectivity index (χ2v) is 4.85. The highest BCUT2D eigenvalue weighted by Crippen LogP contribution is 2.18. The van der Waals surface area contributed by atoms with Crippen LogP contribution in [0.5, 0.6) is 0 Å². The van der Waals surface area contributed by atoms with Crippen LogP contribution in [0.4, 0.5) is 4.39 Å². The molecule has 1 aromatic carbocycles. The largest absolute Gasteiger partial charge is 0.329 e. The lowest BCUT2D eigenvalue weighted by Crippen LogP contribution is -2.32. The second kappa shape index (κ2) is 7.12. The van der Waals surface area contributed by atoms with Gasteiger partial charge in [0, 0.05) is 37.4 Å².